The first-order valence-corrected chi connectivity index (χ1v) is 5.87. The summed E-state index contributed by atoms with van der Waals surface area (Å²) in [6.45, 7) is 6.82. The molecule has 3 nitrogen and oxygen atoms in total. The Kier molecular flexibility index (Phi) is 2.64. The molecule has 4 heteroatoms. The summed E-state index contributed by atoms with van der Waals surface area (Å²) < 4.78 is 1.14. The number of halogens is 1. The van der Waals surface area contributed by atoms with E-state index in [2.05, 4.69) is 51.3 Å². The maximum atomic E-state index is 4.33. The molecular formula is C10H14IN3. The van der Waals surface area contributed by atoms with E-state index < -0.39 is 0 Å². The Hall–Kier alpha value is -0.390. The Morgan fingerprint density at radius 3 is 2.86 bits per heavy atom. The number of hydrogen-bond donors (Lipinski definition) is 0. The minimum atomic E-state index is 0.425. The van der Waals surface area contributed by atoms with Crippen LogP contribution in [0.1, 0.15) is 20.3 Å². The smallest absolute Gasteiger partial charge is 0.145 e. The van der Waals surface area contributed by atoms with Gasteiger partial charge in [-0.1, -0.05) is 13.8 Å². The van der Waals surface area contributed by atoms with E-state index in [0.717, 1.165) is 22.5 Å². The molecule has 0 saturated carbocycles. The van der Waals surface area contributed by atoms with Crippen LogP contribution in [0.2, 0.25) is 0 Å². The number of rotatable bonds is 1. The third kappa shape index (κ3) is 1.99. The molecule has 76 valence electrons. The molecule has 0 aliphatic carbocycles. The number of anilines is 1. The third-order valence-electron chi connectivity index (χ3n) is 2.63. The van der Waals surface area contributed by atoms with Crippen LogP contribution in [0.3, 0.4) is 0 Å². The molecule has 1 aliphatic heterocycles. The first kappa shape index (κ1) is 10.1. The van der Waals surface area contributed by atoms with Crippen molar-refractivity contribution in [2.24, 2.45) is 5.41 Å². The quantitative estimate of drug-likeness (QED) is 0.746. The Bertz CT molecular complexity index is 338. The molecule has 1 aromatic rings. The van der Waals surface area contributed by atoms with E-state index in [0.29, 0.717) is 5.41 Å². The Morgan fingerprint density at radius 1 is 1.50 bits per heavy atom. The van der Waals surface area contributed by atoms with Gasteiger partial charge >= 0.3 is 0 Å². The van der Waals surface area contributed by atoms with E-state index >= 15 is 0 Å². The van der Waals surface area contributed by atoms with Gasteiger partial charge in [-0.25, -0.2) is 9.97 Å². The van der Waals surface area contributed by atoms with Crippen molar-refractivity contribution >= 4 is 28.4 Å². The van der Waals surface area contributed by atoms with Crippen LogP contribution in [-0.4, -0.2) is 23.1 Å². The summed E-state index contributed by atoms with van der Waals surface area (Å²) in [5.41, 5.74) is 0.425. The van der Waals surface area contributed by atoms with E-state index in [1.54, 1.807) is 6.33 Å². The summed E-state index contributed by atoms with van der Waals surface area (Å²) in [7, 11) is 0. The van der Waals surface area contributed by atoms with Crippen molar-refractivity contribution in [3.05, 3.63) is 16.1 Å². The molecule has 2 heterocycles. The molecule has 1 saturated heterocycles. The van der Waals surface area contributed by atoms with E-state index in [1.165, 1.54) is 6.42 Å². The minimum absolute atomic E-state index is 0.425. The lowest BCUT2D eigenvalue weighted by molar-refractivity contribution is 0.418. The fourth-order valence-corrected chi connectivity index (χ4v) is 2.47. The molecule has 0 amide bonds. The van der Waals surface area contributed by atoms with Gasteiger partial charge in [0, 0.05) is 19.3 Å². The second-order valence-electron chi connectivity index (χ2n) is 4.53. The van der Waals surface area contributed by atoms with Gasteiger partial charge in [0.25, 0.3) is 0 Å². The highest BCUT2D eigenvalue weighted by Gasteiger charge is 2.30. The van der Waals surface area contributed by atoms with Crippen LogP contribution in [0.15, 0.2) is 12.5 Å². The first-order chi connectivity index (χ1) is 6.58. The van der Waals surface area contributed by atoms with Gasteiger partial charge in [-0.2, -0.15) is 0 Å². The van der Waals surface area contributed by atoms with Crippen molar-refractivity contribution < 1.29 is 0 Å². The van der Waals surface area contributed by atoms with Crippen LogP contribution in [0, 0.1) is 8.99 Å². The van der Waals surface area contributed by atoms with Crippen molar-refractivity contribution in [2.75, 3.05) is 18.0 Å². The van der Waals surface area contributed by atoms with Crippen molar-refractivity contribution in [3.63, 3.8) is 0 Å². The molecule has 1 fully saturated rings. The standard InChI is InChI=1S/C10H14IN3/c1-10(2)3-4-14(6-10)9-8(11)5-12-7-13-9/h5,7H,3-4,6H2,1-2H3. The lowest BCUT2D eigenvalue weighted by Crippen LogP contribution is -2.24. The summed E-state index contributed by atoms with van der Waals surface area (Å²) in [6, 6.07) is 0. The largest absolute Gasteiger partial charge is 0.355 e. The molecule has 14 heavy (non-hydrogen) atoms. The summed E-state index contributed by atoms with van der Waals surface area (Å²) in [4.78, 5) is 10.7. The van der Waals surface area contributed by atoms with Gasteiger partial charge in [0.2, 0.25) is 0 Å². The van der Waals surface area contributed by atoms with Crippen molar-refractivity contribution in [1.29, 1.82) is 0 Å². The number of hydrogen-bond acceptors (Lipinski definition) is 3. The molecule has 2 rings (SSSR count). The maximum absolute atomic E-state index is 4.33. The van der Waals surface area contributed by atoms with Crippen LogP contribution in [0.5, 0.6) is 0 Å². The zero-order chi connectivity index (χ0) is 10.2. The first-order valence-electron chi connectivity index (χ1n) is 4.79. The van der Waals surface area contributed by atoms with E-state index in [9.17, 15) is 0 Å². The maximum Gasteiger partial charge on any atom is 0.145 e. The van der Waals surface area contributed by atoms with Gasteiger partial charge in [0.15, 0.2) is 0 Å². The Labute approximate surface area is 98.1 Å². The van der Waals surface area contributed by atoms with E-state index in [1.807, 2.05) is 6.20 Å². The normalized spacial score (nSPS) is 20.1. The molecule has 0 N–H and O–H groups in total. The van der Waals surface area contributed by atoms with Gasteiger partial charge in [0.1, 0.15) is 12.1 Å². The average Bonchev–Trinajstić information content (AvgIpc) is 2.47. The van der Waals surface area contributed by atoms with Crippen LogP contribution < -0.4 is 4.90 Å². The van der Waals surface area contributed by atoms with Crippen LogP contribution in [0.4, 0.5) is 5.82 Å². The number of nitrogens with zero attached hydrogens (tertiary/aromatic N) is 3. The van der Waals surface area contributed by atoms with Gasteiger partial charge in [0.05, 0.1) is 3.57 Å². The highest BCUT2D eigenvalue weighted by Crippen LogP contribution is 2.32. The second kappa shape index (κ2) is 3.64. The van der Waals surface area contributed by atoms with Crippen molar-refractivity contribution in [2.45, 2.75) is 20.3 Å². The molecule has 0 radical (unpaired) electrons. The van der Waals surface area contributed by atoms with E-state index in [4.69, 9.17) is 0 Å². The molecule has 0 bridgehead atoms. The third-order valence-corrected chi connectivity index (χ3v) is 3.39. The Morgan fingerprint density at radius 2 is 2.29 bits per heavy atom. The molecule has 0 unspecified atom stereocenters. The average molecular weight is 303 g/mol. The number of aromatic nitrogens is 2. The topological polar surface area (TPSA) is 29.0 Å². The zero-order valence-electron chi connectivity index (χ0n) is 8.50. The van der Waals surface area contributed by atoms with Crippen molar-refractivity contribution in [3.8, 4) is 0 Å². The lowest BCUT2D eigenvalue weighted by Gasteiger charge is -2.21. The van der Waals surface area contributed by atoms with Gasteiger partial charge < -0.3 is 4.90 Å². The zero-order valence-corrected chi connectivity index (χ0v) is 10.7. The molecule has 0 atom stereocenters. The lowest BCUT2D eigenvalue weighted by atomic mass is 9.93. The van der Waals surface area contributed by atoms with Crippen molar-refractivity contribution in [1.82, 2.24) is 9.97 Å². The fraction of sp³-hybridized carbons (Fsp3) is 0.600. The summed E-state index contributed by atoms with van der Waals surface area (Å²) >= 11 is 2.30. The van der Waals surface area contributed by atoms with Crippen LogP contribution >= 0.6 is 22.6 Å². The predicted octanol–water partition coefficient (Wildman–Crippen LogP) is 2.32. The molecule has 1 aromatic heterocycles. The summed E-state index contributed by atoms with van der Waals surface area (Å²) in [5, 5.41) is 0. The molecule has 1 aliphatic rings. The highest BCUT2D eigenvalue weighted by molar-refractivity contribution is 14.1. The highest BCUT2D eigenvalue weighted by atomic mass is 127. The van der Waals surface area contributed by atoms with E-state index in [-0.39, 0.29) is 0 Å². The van der Waals surface area contributed by atoms with Gasteiger partial charge in [-0.3, -0.25) is 0 Å². The predicted molar refractivity (Wildman–Crippen MR) is 65.4 cm³/mol. The molecule has 0 spiro atoms. The summed E-state index contributed by atoms with van der Waals surface area (Å²) in [5.74, 6) is 1.09. The minimum Gasteiger partial charge on any atom is -0.355 e. The van der Waals surface area contributed by atoms with Gasteiger partial charge in [-0.15, -0.1) is 0 Å². The Balaban J connectivity index is 2.22. The van der Waals surface area contributed by atoms with Gasteiger partial charge in [-0.05, 0) is 34.4 Å². The van der Waals surface area contributed by atoms with Crippen LogP contribution in [-0.2, 0) is 0 Å². The summed E-state index contributed by atoms with van der Waals surface area (Å²) in [6.07, 6.45) is 4.74. The SMILES string of the molecule is CC1(C)CCN(c2ncncc2I)C1. The van der Waals surface area contributed by atoms with Crippen LogP contribution in [0.25, 0.3) is 0 Å². The monoisotopic (exact) mass is 303 g/mol. The molecule has 0 aromatic carbocycles. The second-order valence-corrected chi connectivity index (χ2v) is 5.69. The molecular weight excluding hydrogens is 289 g/mol. The fourth-order valence-electron chi connectivity index (χ4n) is 1.83.